The van der Waals surface area contributed by atoms with Crippen molar-refractivity contribution < 1.29 is 23.8 Å². The summed E-state index contributed by atoms with van der Waals surface area (Å²) >= 11 is 5.59. The predicted molar refractivity (Wildman–Crippen MR) is 146 cm³/mol. The maximum absolute atomic E-state index is 13.3. The van der Waals surface area contributed by atoms with Crippen molar-refractivity contribution in [1.82, 2.24) is 14.4 Å². The first kappa shape index (κ1) is 25.0. The Kier molecular flexibility index (Phi) is 6.67. The van der Waals surface area contributed by atoms with Gasteiger partial charge in [0, 0.05) is 48.9 Å². The summed E-state index contributed by atoms with van der Waals surface area (Å²) in [4.78, 5) is 29.6. The molecule has 8 nitrogen and oxygen atoms in total. The van der Waals surface area contributed by atoms with Crippen LogP contribution in [0.25, 0.3) is 10.9 Å². The van der Waals surface area contributed by atoms with Crippen molar-refractivity contribution in [1.29, 1.82) is 0 Å². The van der Waals surface area contributed by atoms with Gasteiger partial charge in [0.1, 0.15) is 12.4 Å². The highest BCUT2D eigenvalue weighted by Crippen LogP contribution is 2.41. The SMILES string of the molecule is COc1ccc2c(c1)c1c(n2Cc2ccc(C(=O)COC3CCCCO3)cc2)CN2CC1C(=O)N(C)C2=S. The first-order valence-corrected chi connectivity index (χ1v) is 13.5. The second kappa shape index (κ2) is 10.1. The van der Waals surface area contributed by atoms with E-state index in [1.54, 1.807) is 19.1 Å². The Morgan fingerprint density at radius 2 is 1.97 bits per heavy atom. The number of hydrogen-bond donors (Lipinski definition) is 0. The van der Waals surface area contributed by atoms with Crippen LogP contribution < -0.4 is 4.74 Å². The van der Waals surface area contributed by atoms with E-state index >= 15 is 0 Å². The topological polar surface area (TPSA) is 73.2 Å². The van der Waals surface area contributed by atoms with Gasteiger partial charge in [-0.2, -0.15) is 0 Å². The Hall–Kier alpha value is -3.27. The van der Waals surface area contributed by atoms with E-state index in [1.165, 1.54) is 0 Å². The van der Waals surface area contributed by atoms with Crippen LogP contribution in [0.3, 0.4) is 0 Å². The van der Waals surface area contributed by atoms with E-state index < -0.39 is 0 Å². The van der Waals surface area contributed by atoms with Gasteiger partial charge in [0.15, 0.2) is 17.2 Å². The van der Waals surface area contributed by atoms with Crippen LogP contribution in [0, 0.1) is 0 Å². The molecule has 6 rings (SSSR count). The van der Waals surface area contributed by atoms with Crippen molar-refractivity contribution in [2.45, 2.75) is 44.6 Å². The smallest absolute Gasteiger partial charge is 0.237 e. The maximum Gasteiger partial charge on any atom is 0.237 e. The van der Waals surface area contributed by atoms with Crippen molar-refractivity contribution in [3.8, 4) is 5.75 Å². The van der Waals surface area contributed by atoms with Gasteiger partial charge in [-0.05, 0) is 60.8 Å². The molecule has 1 amide bonds. The zero-order chi connectivity index (χ0) is 26.4. The number of aromatic nitrogens is 1. The highest BCUT2D eigenvalue weighted by Gasteiger charge is 2.43. The van der Waals surface area contributed by atoms with E-state index in [0.717, 1.165) is 52.7 Å². The van der Waals surface area contributed by atoms with E-state index in [0.29, 0.717) is 36.9 Å². The fourth-order valence-corrected chi connectivity index (χ4v) is 6.03. The fourth-order valence-electron chi connectivity index (χ4n) is 5.80. The Morgan fingerprint density at radius 3 is 2.71 bits per heavy atom. The highest BCUT2D eigenvalue weighted by molar-refractivity contribution is 7.80. The molecule has 3 aliphatic heterocycles. The molecule has 2 aromatic carbocycles. The van der Waals surface area contributed by atoms with Crippen LogP contribution in [0.15, 0.2) is 42.5 Å². The summed E-state index contributed by atoms with van der Waals surface area (Å²) in [6.07, 6.45) is 2.65. The fraction of sp³-hybridized carbons (Fsp3) is 0.414. The molecule has 3 aromatic rings. The Bertz CT molecular complexity index is 1410. The number of likely N-dealkylation sites (N-methyl/N-ethyl adjacent to an activating group) is 1. The van der Waals surface area contributed by atoms with Crippen LogP contribution in [-0.4, -0.2) is 71.4 Å². The number of carbonyl (C=O) groups excluding carboxylic acids is 2. The largest absolute Gasteiger partial charge is 0.497 e. The first-order valence-electron chi connectivity index (χ1n) is 13.1. The van der Waals surface area contributed by atoms with Gasteiger partial charge in [0.05, 0.1) is 19.6 Å². The number of benzene rings is 2. The van der Waals surface area contributed by atoms with Gasteiger partial charge in [-0.15, -0.1) is 0 Å². The molecule has 198 valence electrons. The first-order chi connectivity index (χ1) is 18.4. The number of rotatable bonds is 7. The van der Waals surface area contributed by atoms with Gasteiger partial charge in [-0.1, -0.05) is 24.3 Å². The van der Waals surface area contributed by atoms with Crippen molar-refractivity contribution in [3.63, 3.8) is 0 Å². The number of hydrogen-bond acceptors (Lipinski definition) is 6. The van der Waals surface area contributed by atoms with E-state index in [-0.39, 0.29) is 30.5 Å². The third kappa shape index (κ3) is 4.38. The maximum atomic E-state index is 13.3. The summed E-state index contributed by atoms with van der Waals surface area (Å²) in [6.45, 7) is 2.54. The number of thiocarbonyl (C=S) groups is 1. The van der Waals surface area contributed by atoms with E-state index in [2.05, 4.69) is 15.5 Å². The van der Waals surface area contributed by atoms with Gasteiger partial charge >= 0.3 is 0 Å². The zero-order valence-corrected chi connectivity index (χ0v) is 22.5. The number of carbonyl (C=O) groups is 2. The van der Waals surface area contributed by atoms with Gasteiger partial charge in [0.2, 0.25) is 5.91 Å². The van der Waals surface area contributed by atoms with Crippen molar-refractivity contribution in [2.24, 2.45) is 0 Å². The quantitative estimate of drug-likeness (QED) is 0.335. The molecule has 38 heavy (non-hydrogen) atoms. The average molecular weight is 534 g/mol. The summed E-state index contributed by atoms with van der Waals surface area (Å²) < 4.78 is 19.0. The van der Waals surface area contributed by atoms with Crippen molar-refractivity contribution >= 4 is 39.9 Å². The summed E-state index contributed by atoms with van der Waals surface area (Å²) in [5.74, 6) is 0.450. The number of nitrogens with zero attached hydrogens (tertiary/aromatic N) is 3. The monoisotopic (exact) mass is 533 g/mol. The summed E-state index contributed by atoms with van der Waals surface area (Å²) in [5.41, 5.74) is 4.88. The molecule has 0 radical (unpaired) electrons. The third-order valence-corrected chi connectivity index (χ3v) is 8.39. The average Bonchev–Trinajstić information content (AvgIpc) is 3.26. The summed E-state index contributed by atoms with van der Waals surface area (Å²) in [7, 11) is 3.41. The Balaban J connectivity index is 1.29. The lowest BCUT2D eigenvalue weighted by Gasteiger charge is -2.43. The van der Waals surface area contributed by atoms with E-state index in [9.17, 15) is 9.59 Å². The summed E-state index contributed by atoms with van der Waals surface area (Å²) in [6, 6.07) is 13.7. The number of ketones is 1. The summed E-state index contributed by atoms with van der Waals surface area (Å²) in [5, 5.41) is 1.60. The molecule has 0 saturated carbocycles. The lowest BCUT2D eigenvalue weighted by molar-refractivity contribution is -0.155. The molecule has 0 aliphatic carbocycles. The predicted octanol–water partition coefficient (Wildman–Crippen LogP) is 4.08. The highest BCUT2D eigenvalue weighted by atomic mass is 32.1. The molecule has 3 aliphatic rings. The van der Waals surface area contributed by atoms with Crippen LogP contribution in [0.4, 0.5) is 0 Å². The molecular formula is C29H31N3O5S. The molecule has 0 N–H and O–H groups in total. The van der Waals surface area contributed by atoms with Gasteiger partial charge in [-0.25, -0.2) is 0 Å². The van der Waals surface area contributed by atoms with E-state index in [4.69, 9.17) is 26.4 Å². The van der Waals surface area contributed by atoms with Crippen LogP contribution in [0.5, 0.6) is 5.75 Å². The molecule has 4 heterocycles. The Morgan fingerprint density at radius 1 is 1.16 bits per heavy atom. The van der Waals surface area contributed by atoms with Crippen LogP contribution in [-0.2, 0) is 27.4 Å². The molecule has 9 heteroatoms. The number of Topliss-reactive ketones (excluding diaryl/α,β-unsaturated/α-hetero) is 1. The number of ether oxygens (including phenoxy) is 3. The molecule has 2 unspecified atom stereocenters. The number of amides is 1. The van der Waals surface area contributed by atoms with Gasteiger partial charge in [-0.3, -0.25) is 14.5 Å². The van der Waals surface area contributed by atoms with E-state index in [1.807, 2.05) is 36.4 Å². The van der Waals surface area contributed by atoms with Crippen molar-refractivity contribution in [3.05, 3.63) is 64.8 Å². The van der Waals surface area contributed by atoms with Crippen LogP contribution in [0.2, 0.25) is 0 Å². The van der Waals surface area contributed by atoms with Crippen LogP contribution in [0.1, 0.15) is 52.4 Å². The zero-order valence-electron chi connectivity index (χ0n) is 21.6. The lowest BCUT2D eigenvalue weighted by atomic mass is 9.89. The molecule has 2 fully saturated rings. The lowest BCUT2D eigenvalue weighted by Crippen LogP contribution is -2.56. The molecule has 2 saturated heterocycles. The Labute approximate surface area is 227 Å². The third-order valence-electron chi connectivity index (χ3n) is 7.85. The molecular weight excluding hydrogens is 502 g/mol. The van der Waals surface area contributed by atoms with Crippen LogP contribution >= 0.6 is 12.2 Å². The number of methoxy groups -OCH3 is 1. The molecule has 1 aromatic heterocycles. The van der Waals surface area contributed by atoms with Gasteiger partial charge in [0.25, 0.3) is 0 Å². The minimum Gasteiger partial charge on any atom is -0.497 e. The van der Waals surface area contributed by atoms with Gasteiger partial charge < -0.3 is 23.7 Å². The normalized spacial score (nSPS) is 21.1. The second-order valence-electron chi connectivity index (χ2n) is 10.2. The standard InChI is InChI=1S/C29H31N3O5S/c1-30-28(34)22-15-31(29(30)38)16-24-27(22)21-13-20(35-2)10-11-23(21)32(24)14-18-6-8-19(9-7-18)25(33)17-37-26-5-3-4-12-36-26/h6-11,13,22,26H,3-5,12,14-17H2,1-2H3. The molecule has 2 bridgehead atoms. The number of fused-ring (bicyclic) bond motifs is 6. The molecule has 2 atom stereocenters. The van der Waals surface area contributed by atoms with Crippen molar-refractivity contribution in [2.75, 3.05) is 33.9 Å². The molecule has 0 spiro atoms. The second-order valence-corrected chi connectivity index (χ2v) is 10.5. The minimum atomic E-state index is -0.284. The minimum absolute atomic E-state index is 0.0151.